The summed E-state index contributed by atoms with van der Waals surface area (Å²) in [7, 11) is 2.27. The number of carbonyl (C=O) groups is 1. The Hall–Kier alpha value is -2.20. The van der Waals surface area contributed by atoms with E-state index < -0.39 is 0 Å². The number of rotatable bonds is 8. The maximum atomic E-state index is 11.8. The smallest absolute Gasteiger partial charge is 0.229 e. The minimum Gasteiger partial charge on any atom is -0.369 e. The lowest BCUT2D eigenvalue weighted by atomic mass is 9.98. The topological polar surface area (TPSA) is 91.2 Å². The van der Waals surface area contributed by atoms with E-state index in [0.717, 1.165) is 54.1 Å². The molecule has 0 aliphatic carbocycles. The summed E-state index contributed by atoms with van der Waals surface area (Å²) in [5.41, 5.74) is 1.90. The van der Waals surface area contributed by atoms with Gasteiger partial charge in [0.2, 0.25) is 11.9 Å². The number of likely N-dealkylation sites (tertiary alicyclic amines) is 1. The second kappa shape index (κ2) is 9.58. The summed E-state index contributed by atoms with van der Waals surface area (Å²) < 4.78 is 2.97. The molecule has 3 fully saturated rings. The van der Waals surface area contributed by atoms with Crippen LogP contribution in [0.2, 0.25) is 0 Å². The summed E-state index contributed by atoms with van der Waals surface area (Å²) in [6.07, 6.45) is 11.4. The monoisotopic (exact) mass is 516 g/mol. The van der Waals surface area contributed by atoms with E-state index in [9.17, 15) is 4.79 Å². The van der Waals surface area contributed by atoms with Crippen LogP contribution < -0.4 is 10.6 Å². The van der Waals surface area contributed by atoms with Crippen LogP contribution in [0.1, 0.15) is 56.7 Å². The molecule has 2 atom stereocenters. The molecule has 0 aromatic carbocycles. The van der Waals surface area contributed by atoms with Gasteiger partial charge < -0.3 is 20.4 Å². The van der Waals surface area contributed by atoms with Crippen LogP contribution in [0.3, 0.4) is 0 Å². The molecule has 9 nitrogen and oxygen atoms in total. The third-order valence-electron chi connectivity index (χ3n) is 7.42. The van der Waals surface area contributed by atoms with Crippen molar-refractivity contribution in [2.45, 2.75) is 70.0 Å². The van der Waals surface area contributed by atoms with Gasteiger partial charge in [-0.1, -0.05) is 0 Å². The number of anilines is 3. The number of piperidine rings is 1. The molecule has 3 saturated heterocycles. The molecular weight excluding hydrogens is 484 g/mol. The van der Waals surface area contributed by atoms with Crippen molar-refractivity contribution in [2.75, 3.05) is 37.3 Å². The van der Waals surface area contributed by atoms with Crippen LogP contribution in [0.5, 0.6) is 0 Å². The number of hydrogen-bond acceptors (Lipinski definition) is 7. The van der Waals surface area contributed by atoms with Crippen molar-refractivity contribution in [3.05, 3.63) is 22.6 Å². The van der Waals surface area contributed by atoms with Gasteiger partial charge >= 0.3 is 0 Å². The van der Waals surface area contributed by atoms with Gasteiger partial charge in [0.25, 0.3) is 0 Å². The van der Waals surface area contributed by atoms with Crippen molar-refractivity contribution in [1.29, 1.82) is 0 Å². The molecule has 2 aromatic rings. The number of aromatic nitrogens is 4. The Morgan fingerprint density at radius 2 is 2.00 bits per heavy atom. The Kier molecular flexibility index (Phi) is 6.56. The lowest BCUT2D eigenvalue weighted by Gasteiger charge is -2.36. The van der Waals surface area contributed by atoms with Gasteiger partial charge in [-0.15, -0.1) is 0 Å². The van der Waals surface area contributed by atoms with E-state index in [1.54, 1.807) is 6.20 Å². The zero-order valence-electron chi connectivity index (χ0n) is 19.4. The Balaban J connectivity index is 1.19. The van der Waals surface area contributed by atoms with E-state index in [-0.39, 0.29) is 5.91 Å². The number of amides is 1. The number of hydrogen-bond donors (Lipinski definition) is 2. The fraction of sp³-hybridized carbons (Fsp3) is 0.652. The van der Waals surface area contributed by atoms with Crippen molar-refractivity contribution in [3.63, 3.8) is 0 Å². The Labute approximate surface area is 203 Å². The molecule has 5 rings (SSSR count). The molecule has 0 spiro atoms. The van der Waals surface area contributed by atoms with Crippen LogP contribution in [-0.2, 0) is 4.79 Å². The zero-order valence-corrected chi connectivity index (χ0v) is 21.0. The highest BCUT2D eigenvalue weighted by Crippen LogP contribution is 2.40. The standard InChI is InChI=1S/C23H33BrN8O/c1-15-20(14-32(29-15)18-11-16-6-7-17(12-18)30(16)2)27-23-26-13-19(24)22(28-23)25-8-4-10-31-9-3-5-21(31)33/h13-14,16-18H,3-12H2,1-2H3,(H2,25,26,27,28). The molecule has 3 aliphatic rings. The first-order chi connectivity index (χ1) is 16.0. The number of nitrogens with one attached hydrogen (secondary N) is 2. The fourth-order valence-electron chi connectivity index (χ4n) is 5.48. The molecule has 2 unspecified atom stereocenters. The van der Waals surface area contributed by atoms with Gasteiger partial charge in [0.05, 0.1) is 21.9 Å². The second-order valence-corrected chi connectivity index (χ2v) is 10.4. The maximum absolute atomic E-state index is 11.8. The van der Waals surface area contributed by atoms with Crippen molar-refractivity contribution >= 4 is 39.3 Å². The summed E-state index contributed by atoms with van der Waals surface area (Å²) >= 11 is 3.54. The summed E-state index contributed by atoms with van der Waals surface area (Å²) in [5, 5.41) is 11.5. The predicted molar refractivity (Wildman–Crippen MR) is 132 cm³/mol. The average molecular weight is 517 g/mol. The zero-order chi connectivity index (χ0) is 22.9. The van der Waals surface area contributed by atoms with Crippen LogP contribution in [0.4, 0.5) is 17.5 Å². The number of halogens is 1. The largest absolute Gasteiger partial charge is 0.369 e. The Bertz CT molecular complexity index is 996. The number of aryl methyl sites for hydroxylation is 1. The van der Waals surface area contributed by atoms with Gasteiger partial charge in [0.15, 0.2) is 0 Å². The summed E-state index contributed by atoms with van der Waals surface area (Å²) in [6, 6.07) is 1.82. The van der Waals surface area contributed by atoms with Crippen molar-refractivity contribution in [1.82, 2.24) is 29.5 Å². The van der Waals surface area contributed by atoms with Crippen LogP contribution in [-0.4, -0.2) is 74.2 Å². The predicted octanol–water partition coefficient (Wildman–Crippen LogP) is 3.71. The maximum Gasteiger partial charge on any atom is 0.229 e. The molecule has 10 heteroatoms. The molecule has 2 bridgehead atoms. The van der Waals surface area contributed by atoms with E-state index in [0.29, 0.717) is 30.5 Å². The third-order valence-corrected chi connectivity index (χ3v) is 8.00. The average Bonchev–Trinajstić information content (AvgIpc) is 3.42. The first-order valence-corrected chi connectivity index (χ1v) is 12.9. The van der Waals surface area contributed by atoms with Crippen LogP contribution in [0.15, 0.2) is 16.9 Å². The number of carbonyl (C=O) groups excluding carboxylic acids is 1. The molecule has 178 valence electrons. The second-order valence-electron chi connectivity index (χ2n) is 9.56. The van der Waals surface area contributed by atoms with Gasteiger partial charge in [-0.3, -0.25) is 9.48 Å². The number of fused-ring (bicyclic) bond motifs is 2. The van der Waals surface area contributed by atoms with Crippen molar-refractivity contribution in [2.24, 2.45) is 0 Å². The Morgan fingerprint density at radius 1 is 1.21 bits per heavy atom. The summed E-state index contributed by atoms with van der Waals surface area (Å²) in [6.45, 7) is 4.45. The first kappa shape index (κ1) is 22.6. The normalized spacial score (nSPS) is 25.1. The van der Waals surface area contributed by atoms with E-state index in [4.69, 9.17) is 5.10 Å². The quantitative estimate of drug-likeness (QED) is 0.516. The third kappa shape index (κ3) is 4.87. The molecule has 2 aromatic heterocycles. The molecule has 0 radical (unpaired) electrons. The lowest BCUT2D eigenvalue weighted by Crippen LogP contribution is -2.40. The van der Waals surface area contributed by atoms with E-state index in [1.807, 2.05) is 11.8 Å². The van der Waals surface area contributed by atoms with Crippen molar-refractivity contribution in [3.8, 4) is 0 Å². The van der Waals surface area contributed by atoms with Gasteiger partial charge in [-0.05, 0) is 68.4 Å². The van der Waals surface area contributed by atoms with Gasteiger partial charge in [0, 0.05) is 50.5 Å². The summed E-state index contributed by atoms with van der Waals surface area (Å²) in [4.78, 5) is 25.3. The minimum atomic E-state index is 0.272. The highest BCUT2D eigenvalue weighted by molar-refractivity contribution is 9.10. The molecule has 3 aliphatic heterocycles. The van der Waals surface area contributed by atoms with Crippen LogP contribution in [0, 0.1) is 6.92 Å². The van der Waals surface area contributed by atoms with Gasteiger partial charge in [-0.2, -0.15) is 10.1 Å². The molecule has 1 amide bonds. The lowest BCUT2D eigenvalue weighted by molar-refractivity contribution is -0.127. The van der Waals surface area contributed by atoms with E-state index >= 15 is 0 Å². The minimum absolute atomic E-state index is 0.272. The van der Waals surface area contributed by atoms with E-state index in [1.165, 1.54) is 25.7 Å². The molecule has 0 saturated carbocycles. The van der Waals surface area contributed by atoms with Crippen LogP contribution in [0.25, 0.3) is 0 Å². The highest BCUT2D eigenvalue weighted by atomic mass is 79.9. The highest BCUT2D eigenvalue weighted by Gasteiger charge is 2.39. The fourth-order valence-corrected chi connectivity index (χ4v) is 5.81. The van der Waals surface area contributed by atoms with Gasteiger partial charge in [-0.25, -0.2) is 4.98 Å². The SMILES string of the molecule is Cc1nn(C2CC3CCC(C2)N3C)cc1Nc1ncc(Br)c(NCCCN2CCCC2=O)n1. The van der Waals surface area contributed by atoms with Crippen molar-refractivity contribution < 1.29 is 4.79 Å². The van der Waals surface area contributed by atoms with Crippen LogP contribution >= 0.6 is 15.9 Å². The molecule has 33 heavy (non-hydrogen) atoms. The number of nitrogens with zero attached hydrogens (tertiary/aromatic N) is 6. The Morgan fingerprint density at radius 3 is 2.73 bits per heavy atom. The molecule has 2 N–H and O–H groups in total. The molecule has 5 heterocycles. The summed E-state index contributed by atoms with van der Waals surface area (Å²) in [5.74, 6) is 1.56. The first-order valence-electron chi connectivity index (χ1n) is 12.1. The molecular formula is C23H33BrN8O. The van der Waals surface area contributed by atoms with E-state index in [2.05, 4.69) is 59.4 Å². The van der Waals surface area contributed by atoms with Gasteiger partial charge in [0.1, 0.15) is 5.82 Å².